The maximum atomic E-state index is 12.5. The summed E-state index contributed by atoms with van der Waals surface area (Å²) < 4.78 is 31.5. The Kier molecular flexibility index (Phi) is 7.79. The summed E-state index contributed by atoms with van der Waals surface area (Å²) in [6.07, 6.45) is 2.57. The second kappa shape index (κ2) is 9.85. The fourth-order valence-corrected chi connectivity index (χ4v) is 4.39. The van der Waals surface area contributed by atoms with E-state index in [9.17, 15) is 18.0 Å². The van der Waals surface area contributed by atoms with E-state index in [1.54, 1.807) is 38.1 Å². The monoisotopic (exact) mass is 396 g/mol. The van der Waals surface area contributed by atoms with E-state index in [0.717, 1.165) is 18.4 Å². The molecule has 1 aliphatic rings. The first-order chi connectivity index (χ1) is 12.8. The number of carbonyl (C=O) groups is 2. The van der Waals surface area contributed by atoms with Crippen LogP contribution in [0.3, 0.4) is 0 Å². The number of nitrogens with one attached hydrogen (secondary N) is 1. The van der Waals surface area contributed by atoms with Crippen molar-refractivity contribution in [3.63, 3.8) is 0 Å². The van der Waals surface area contributed by atoms with Crippen LogP contribution in [0.25, 0.3) is 0 Å². The molecule has 0 spiro atoms. The SMILES string of the molecule is CC(C)OC(=O)CCNC(=O)CCc1ccc(S(=O)(=O)N2CCCC2)cc1. The number of sulfonamides is 1. The molecule has 150 valence electrons. The fourth-order valence-electron chi connectivity index (χ4n) is 2.88. The van der Waals surface area contributed by atoms with Gasteiger partial charge in [0.15, 0.2) is 0 Å². The molecule has 27 heavy (non-hydrogen) atoms. The summed E-state index contributed by atoms with van der Waals surface area (Å²) in [4.78, 5) is 23.5. The summed E-state index contributed by atoms with van der Waals surface area (Å²) in [6, 6.07) is 6.69. The van der Waals surface area contributed by atoms with Crippen molar-refractivity contribution in [1.29, 1.82) is 0 Å². The van der Waals surface area contributed by atoms with Gasteiger partial charge in [0, 0.05) is 26.1 Å². The van der Waals surface area contributed by atoms with Crippen LogP contribution in [0.15, 0.2) is 29.2 Å². The Labute approximate surface area is 161 Å². The number of hydrogen-bond donors (Lipinski definition) is 1. The van der Waals surface area contributed by atoms with Gasteiger partial charge in [0.1, 0.15) is 0 Å². The summed E-state index contributed by atoms with van der Waals surface area (Å²) in [6.45, 7) is 4.96. The molecule has 0 bridgehead atoms. The van der Waals surface area contributed by atoms with Crippen molar-refractivity contribution in [3.8, 4) is 0 Å². The number of rotatable bonds is 9. The van der Waals surface area contributed by atoms with Crippen LogP contribution in [0.2, 0.25) is 0 Å². The van der Waals surface area contributed by atoms with Gasteiger partial charge in [-0.15, -0.1) is 0 Å². The van der Waals surface area contributed by atoms with Crippen LogP contribution in [-0.2, 0) is 30.8 Å². The molecule has 1 amide bonds. The minimum atomic E-state index is -3.41. The van der Waals surface area contributed by atoms with E-state index in [2.05, 4.69) is 5.32 Å². The molecule has 0 saturated carbocycles. The molecule has 8 heteroatoms. The van der Waals surface area contributed by atoms with E-state index in [-0.39, 0.29) is 37.4 Å². The Hall–Kier alpha value is -1.93. The van der Waals surface area contributed by atoms with Crippen molar-refractivity contribution < 1.29 is 22.7 Å². The molecular weight excluding hydrogens is 368 g/mol. The lowest BCUT2D eigenvalue weighted by Crippen LogP contribution is -2.28. The molecule has 2 rings (SSSR count). The van der Waals surface area contributed by atoms with Crippen molar-refractivity contribution in [2.24, 2.45) is 0 Å². The topological polar surface area (TPSA) is 92.8 Å². The average Bonchev–Trinajstić information content (AvgIpc) is 3.15. The van der Waals surface area contributed by atoms with Crippen LogP contribution >= 0.6 is 0 Å². The van der Waals surface area contributed by atoms with E-state index in [4.69, 9.17) is 4.74 Å². The van der Waals surface area contributed by atoms with Gasteiger partial charge >= 0.3 is 5.97 Å². The summed E-state index contributed by atoms with van der Waals surface area (Å²) in [5.74, 6) is -0.485. The number of hydrogen-bond acceptors (Lipinski definition) is 5. The third-order valence-electron chi connectivity index (χ3n) is 4.29. The molecule has 1 aromatic carbocycles. The lowest BCUT2D eigenvalue weighted by Gasteiger charge is -2.15. The van der Waals surface area contributed by atoms with Crippen molar-refractivity contribution in [2.75, 3.05) is 19.6 Å². The number of esters is 1. The number of nitrogens with zero attached hydrogens (tertiary/aromatic N) is 1. The van der Waals surface area contributed by atoms with Crippen molar-refractivity contribution in [1.82, 2.24) is 9.62 Å². The van der Waals surface area contributed by atoms with Crippen LogP contribution < -0.4 is 5.32 Å². The smallest absolute Gasteiger partial charge is 0.307 e. The second-order valence-corrected chi connectivity index (χ2v) is 8.83. The Morgan fingerprint density at radius 2 is 1.74 bits per heavy atom. The van der Waals surface area contributed by atoms with Crippen molar-refractivity contribution in [2.45, 2.75) is 57.0 Å². The molecule has 1 N–H and O–H groups in total. The van der Waals surface area contributed by atoms with Gasteiger partial charge in [-0.1, -0.05) is 12.1 Å². The van der Waals surface area contributed by atoms with Crippen molar-refractivity contribution in [3.05, 3.63) is 29.8 Å². The molecule has 0 unspecified atom stereocenters. The molecule has 0 aliphatic carbocycles. The van der Waals surface area contributed by atoms with Gasteiger partial charge in [-0.2, -0.15) is 4.31 Å². The van der Waals surface area contributed by atoms with Gasteiger partial charge in [0.2, 0.25) is 15.9 Å². The molecular formula is C19H28N2O5S. The lowest BCUT2D eigenvalue weighted by molar-refractivity contribution is -0.147. The first-order valence-electron chi connectivity index (χ1n) is 9.34. The number of aryl methyl sites for hydroxylation is 1. The summed E-state index contributed by atoms with van der Waals surface area (Å²) in [7, 11) is -3.41. The third kappa shape index (κ3) is 6.62. The van der Waals surface area contributed by atoms with Gasteiger partial charge in [0.25, 0.3) is 0 Å². The number of carbonyl (C=O) groups excluding carboxylic acids is 2. The number of ether oxygens (including phenoxy) is 1. The minimum absolute atomic E-state index is 0.146. The normalized spacial score (nSPS) is 15.1. The molecule has 1 aromatic rings. The average molecular weight is 397 g/mol. The Morgan fingerprint density at radius 1 is 1.11 bits per heavy atom. The molecule has 0 radical (unpaired) electrons. The zero-order valence-electron chi connectivity index (χ0n) is 15.9. The predicted molar refractivity (Wildman–Crippen MR) is 102 cm³/mol. The molecule has 1 heterocycles. The lowest BCUT2D eigenvalue weighted by atomic mass is 10.1. The van der Waals surface area contributed by atoms with Crippen LogP contribution in [0.4, 0.5) is 0 Å². The van der Waals surface area contributed by atoms with Crippen LogP contribution in [0.5, 0.6) is 0 Å². The highest BCUT2D eigenvalue weighted by Crippen LogP contribution is 2.21. The van der Waals surface area contributed by atoms with Gasteiger partial charge in [-0.25, -0.2) is 8.42 Å². The Morgan fingerprint density at radius 3 is 2.33 bits per heavy atom. The second-order valence-electron chi connectivity index (χ2n) is 6.89. The molecule has 1 saturated heterocycles. The van der Waals surface area contributed by atoms with E-state index in [1.807, 2.05) is 0 Å². The van der Waals surface area contributed by atoms with Gasteiger partial charge in [-0.3, -0.25) is 9.59 Å². The molecule has 0 aromatic heterocycles. The van der Waals surface area contributed by atoms with Crippen LogP contribution in [0, 0.1) is 0 Å². The van der Waals surface area contributed by atoms with Gasteiger partial charge in [0.05, 0.1) is 17.4 Å². The Balaban J connectivity index is 1.76. The maximum Gasteiger partial charge on any atom is 0.307 e. The third-order valence-corrected chi connectivity index (χ3v) is 6.20. The standard InChI is InChI=1S/C19H28N2O5S/c1-15(2)26-19(23)11-12-20-18(22)10-7-16-5-8-17(9-6-16)27(24,25)21-13-3-4-14-21/h5-6,8-9,15H,3-4,7,10-14H2,1-2H3,(H,20,22). The highest BCUT2D eigenvalue weighted by Gasteiger charge is 2.26. The predicted octanol–water partition coefficient (Wildman–Crippen LogP) is 1.86. The first kappa shape index (κ1) is 21.4. The summed E-state index contributed by atoms with van der Waals surface area (Å²) in [5.41, 5.74) is 0.893. The maximum absolute atomic E-state index is 12.5. The van der Waals surface area contributed by atoms with Gasteiger partial charge in [-0.05, 0) is 50.8 Å². The van der Waals surface area contributed by atoms with Crippen molar-refractivity contribution >= 4 is 21.9 Å². The summed E-state index contributed by atoms with van der Waals surface area (Å²) in [5, 5.41) is 2.69. The largest absolute Gasteiger partial charge is 0.463 e. The molecule has 0 atom stereocenters. The number of benzene rings is 1. The molecule has 1 fully saturated rings. The number of amides is 1. The van der Waals surface area contributed by atoms with E-state index in [0.29, 0.717) is 24.4 Å². The van der Waals surface area contributed by atoms with E-state index in [1.165, 1.54) is 4.31 Å². The summed E-state index contributed by atoms with van der Waals surface area (Å²) >= 11 is 0. The first-order valence-corrected chi connectivity index (χ1v) is 10.8. The van der Waals surface area contributed by atoms with E-state index < -0.39 is 10.0 Å². The zero-order valence-corrected chi connectivity index (χ0v) is 16.8. The fraction of sp³-hybridized carbons (Fsp3) is 0.579. The highest BCUT2D eigenvalue weighted by molar-refractivity contribution is 7.89. The van der Waals surface area contributed by atoms with Gasteiger partial charge < -0.3 is 10.1 Å². The molecule has 7 nitrogen and oxygen atoms in total. The van der Waals surface area contributed by atoms with Crippen LogP contribution in [0.1, 0.15) is 45.1 Å². The minimum Gasteiger partial charge on any atom is -0.463 e. The highest BCUT2D eigenvalue weighted by atomic mass is 32.2. The van der Waals surface area contributed by atoms with E-state index >= 15 is 0 Å². The van der Waals surface area contributed by atoms with Crippen LogP contribution in [-0.4, -0.2) is 50.3 Å². The Bertz CT molecular complexity index is 738. The quantitative estimate of drug-likeness (QED) is 0.643. The molecule has 1 aliphatic heterocycles. The zero-order chi connectivity index (χ0) is 19.9.